The predicted molar refractivity (Wildman–Crippen MR) is 116 cm³/mol. The maximum Gasteiger partial charge on any atom is 0.412 e. The van der Waals surface area contributed by atoms with Crippen molar-refractivity contribution in [3.63, 3.8) is 0 Å². The topological polar surface area (TPSA) is 83.1 Å². The van der Waals surface area contributed by atoms with E-state index in [1.54, 1.807) is 12.1 Å². The Bertz CT molecular complexity index is 1030. The molecule has 0 heterocycles. The van der Waals surface area contributed by atoms with Crippen molar-refractivity contribution in [1.82, 2.24) is 5.32 Å². The normalized spacial score (nSPS) is 10.3. The van der Waals surface area contributed by atoms with Gasteiger partial charge in [-0.05, 0) is 47.2 Å². The van der Waals surface area contributed by atoms with Gasteiger partial charge in [-0.1, -0.05) is 36.9 Å². The van der Waals surface area contributed by atoms with Crippen LogP contribution in [0.25, 0.3) is 10.8 Å². The van der Waals surface area contributed by atoms with Crippen LogP contribution < -0.4 is 14.8 Å². The molecule has 0 aliphatic heterocycles. The van der Waals surface area contributed by atoms with E-state index in [4.69, 9.17) is 18.9 Å². The molecule has 0 aromatic heterocycles. The highest BCUT2D eigenvalue weighted by Crippen LogP contribution is 2.28. The molecular formula is C24H23NO6. The van der Waals surface area contributed by atoms with Crippen molar-refractivity contribution < 1.29 is 28.5 Å². The number of para-hydroxylation sites is 1. The minimum absolute atomic E-state index is 0.129. The summed E-state index contributed by atoms with van der Waals surface area (Å²) in [6, 6.07) is 20.6. The minimum Gasteiger partial charge on any atom is -0.460 e. The van der Waals surface area contributed by atoms with Gasteiger partial charge in [0.25, 0.3) is 0 Å². The molecule has 0 fully saturated rings. The third-order valence-corrected chi connectivity index (χ3v) is 4.13. The molecule has 31 heavy (non-hydrogen) atoms. The number of ether oxygens (including phenoxy) is 4. The number of fused-ring (bicyclic) bond motifs is 1. The standard InChI is InChI=1S/C24H23NO6/c1-2-23(26)29-15-14-28-13-12-25-24(27)31-22-11-9-18-16-21(10-8-19(18)17-22)30-20-6-4-3-5-7-20/h2-11,16-17H,1,12-15H2,(H,25,27). The van der Waals surface area contributed by atoms with Crippen LogP contribution in [0.4, 0.5) is 4.79 Å². The van der Waals surface area contributed by atoms with E-state index in [2.05, 4.69) is 11.9 Å². The first-order chi connectivity index (χ1) is 15.1. The Morgan fingerprint density at radius 3 is 2.29 bits per heavy atom. The van der Waals surface area contributed by atoms with Gasteiger partial charge in [-0.15, -0.1) is 0 Å². The summed E-state index contributed by atoms with van der Waals surface area (Å²) in [6.07, 6.45) is 0.506. The van der Waals surface area contributed by atoms with Crippen LogP contribution >= 0.6 is 0 Å². The second kappa shape index (κ2) is 11.4. The molecule has 0 unspecified atom stereocenters. The van der Waals surface area contributed by atoms with Gasteiger partial charge < -0.3 is 24.3 Å². The van der Waals surface area contributed by atoms with Crippen LogP contribution in [0.5, 0.6) is 17.2 Å². The molecule has 1 N–H and O–H groups in total. The molecule has 0 bridgehead atoms. The number of benzene rings is 3. The first-order valence-electron chi connectivity index (χ1n) is 9.73. The second-order valence-electron chi connectivity index (χ2n) is 6.39. The number of carbonyl (C=O) groups excluding carboxylic acids is 2. The van der Waals surface area contributed by atoms with Crippen LogP contribution in [0.1, 0.15) is 0 Å². The van der Waals surface area contributed by atoms with Crippen molar-refractivity contribution in [1.29, 1.82) is 0 Å². The first-order valence-corrected chi connectivity index (χ1v) is 9.73. The van der Waals surface area contributed by atoms with Gasteiger partial charge in [0.15, 0.2) is 0 Å². The van der Waals surface area contributed by atoms with Gasteiger partial charge in [0, 0.05) is 12.6 Å². The fourth-order valence-electron chi connectivity index (χ4n) is 2.68. The van der Waals surface area contributed by atoms with Crippen LogP contribution in [0.3, 0.4) is 0 Å². The Morgan fingerprint density at radius 2 is 1.55 bits per heavy atom. The number of amides is 1. The molecule has 160 valence electrons. The molecule has 0 saturated heterocycles. The quantitative estimate of drug-likeness (QED) is 0.296. The lowest BCUT2D eigenvalue weighted by Crippen LogP contribution is -2.30. The van der Waals surface area contributed by atoms with Crippen LogP contribution in [0.2, 0.25) is 0 Å². The number of rotatable bonds is 10. The third kappa shape index (κ3) is 7.17. The molecular weight excluding hydrogens is 398 g/mol. The fourth-order valence-corrected chi connectivity index (χ4v) is 2.68. The van der Waals surface area contributed by atoms with E-state index < -0.39 is 12.1 Å². The first kappa shape index (κ1) is 21.9. The smallest absolute Gasteiger partial charge is 0.412 e. The van der Waals surface area contributed by atoms with Crippen molar-refractivity contribution in [2.75, 3.05) is 26.4 Å². The minimum atomic E-state index is -0.579. The summed E-state index contributed by atoms with van der Waals surface area (Å²) < 4.78 is 21.2. The third-order valence-electron chi connectivity index (χ3n) is 4.13. The summed E-state index contributed by atoms with van der Waals surface area (Å²) in [5, 5.41) is 4.48. The van der Waals surface area contributed by atoms with Gasteiger partial charge in [0.05, 0.1) is 13.2 Å². The van der Waals surface area contributed by atoms with Gasteiger partial charge in [-0.3, -0.25) is 0 Å². The summed E-state index contributed by atoms with van der Waals surface area (Å²) in [5.41, 5.74) is 0. The molecule has 3 rings (SSSR count). The Kier molecular flexibility index (Phi) is 8.02. The van der Waals surface area contributed by atoms with Crippen molar-refractivity contribution in [2.45, 2.75) is 0 Å². The highest BCUT2D eigenvalue weighted by molar-refractivity contribution is 5.86. The molecule has 0 atom stereocenters. The van der Waals surface area contributed by atoms with Crippen LogP contribution in [-0.2, 0) is 14.3 Å². The zero-order chi connectivity index (χ0) is 21.9. The van der Waals surface area contributed by atoms with E-state index in [-0.39, 0.29) is 26.4 Å². The number of nitrogens with one attached hydrogen (secondary N) is 1. The zero-order valence-corrected chi connectivity index (χ0v) is 16.9. The molecule has 7 nitrogen and oxygen atoms in total. The van der Waals surface area contributed by atoms with E-state index in [0.717, 1.165) is 28.3 Å². The Morgan fingerprint density at radius 1 is 0.839 bits per heavy atom. The SMILES string of the molecule is C=CC(=O)OCCOCCNC(=O)Oc1ccc2cc(Oc3ccccc3)ccc2c1. The van der Waals surface area contributed by atoms with E-state index in [1.165, 1.54) is 0 Å². The van der Waals surface area contributed by atoms with E-state index in [9.17, 15) is 9.59 Å². The summed E-state index contributed by atoms with van der Waals surface area (Å²) in [5.74, 6) is 1.42. The van der Waals surface area contributed by atoms with Gasteiger partial charge in [0.2, 0.25) is 0 Å². The van der Waals surface area contributed by atoms with Crippen LogP contribution in [0, 0.1) is 0 Å². The number of carbonyl (C=O) groups is 2. The predicted octanol–water partition coefficient (Wildman–Crippen LogP) is 4.47. The fraction of sp³-hybridized carbons (Fsp3) is 0.167. The largest absolute Gasteiger partial charge is 0.460 e. The lowest BCUT2D eigenvalue weighted by molar-refractivity contribution is -0.139. The summed E-state index contributed by atoms with van der Waals surface area (Å²) in [7, 11) is 0. The summed E-state index contributed by atoms with van der Waals surface area (Å²) in [4.78, 5) is 22.8. The van der Waals surface area contributed by atoms with E-state index in [1.807, 2.05) is 54.6 Å². The highest BCUT2D eigenvalue weighted by atomic mass is 16.6. The summed E-state index contributed by atoms with van der Waals surface area (Å²) >= 11 is 0. The van der Waals surface area contributed by atoms with Gasteiger partial charge >= 0.3 is 12.1 Å². The molecule has 1 amide bonds. The van der Waals surface area contributed by atoms with Crippen LogP contribution in [0.15, 0.2) is 79.4 Å². The van der Waals surface area contributed by atoms with Crippen molar-refractivity contribution in [2.24, 2.45) is 0 Å². The maximum absolute atomic E-state index is 11.9. The van der Waals surface area contributed by atoms with Crippen LogP contribution in [-0.4, -0.2) is 38.4 Å². The number of hydrogen-bond acceptors (Lipinski definition) is 6. The Hall–Kier alpha value is -3.84. The van der Waals surface area contributed by atoms with Gasteiger partial charge in [-0.25, -0.2) is 9.59 Å². The second-order valence-corrected chi connectivity index (χ2v) is 6.39. The van der Waals surface area contributed by atoms with Crippen molar-refractivity contribution >= 4 is 22.8 Å². The van der Waals surface area contributed by atoms with E-state index in [0.29, 0.717) is 5.75 Å². The molecule has 0 radical (unpaired) electrons. The average Bonchev–Trinajstić information content (AvgIpc) is 2.79. The molecule has 7 heteroatoms. The van der Waals surface area contributed by atoms with Crippen molar-refractivity contribution in [3.8, 4) is 17.2 Å². The molecule has 0 aliphatic rings. The molecule has 0 saturated carbocycles. The molecule has 0 spiro atoms. The number of hydrogen-bond donors (Lipinski definition) is 1. The highest BCUT2D eigenvalue weighted by Gasteiger charge is 2.06. The van der Waals surface area contributed by atoms with Gasteiger partial charge in [-0.2, -0.15) is 0 Å². The lowest BCUT2D eigenvalue weighted by Gasteiger charge is -2.09. The summed E-state index contributed by atoms with van der Waals surface area (Å²) in [6.45, 7) is 4.19. The van der Waals surface area contributed by atoms with E-state index >= 15 is 0 Å². The van der Waals surface area contributed by atoms with Crippen molar-refractivity contribution in [3.05, 3.63) is 79.4 Å². The lowest BCUT2D eigenvalue weighted by atomic mass is 10.1. The number of esters is 1. The Labute approximate surface area is 180 Å². The molecule has 3 aromatic rings. The van der Waals surface area contributed by atoms with Gasteiger partial charge in [0.1, 0.15) is 23.9 Å². The molecule has 3 aromatic carbocycles. The Balaban J connectivity index is 1.43. The maximum atomic E-state index is 11.9. The monoisotopic (exact) mass is 421 g/mol. The average molecular weight is 421 g/mol. The zero-order valence-electron chi connectivity index (χ0n) is 16.9. The molecule has 0 aliphatic carbocycles.